The molecular formula is C9H11F2N3O3. The molecule has 1 heterocycles. The first-order valence-electron chi connectivity index (χ1n) is 4.63. The van der Waals surface area contributed by atoms with E-state index in [4.69, 9.17) is 5.11 Å². The zero-order valence-corrected chi connectivity index (χ0v) is 8.98. The standard InChI is InChI=1S/C9H11F2N3O3/c1-17-8(16)6-2-3-7(14-13-6)12-4-9(10,11)5-15/h2-3,15H,4-5H2,1H3,(H,12,14). The summed E-state index contributed by atoms with van der Waals surface area (Å²) in [6.45, 7) is -2.02. The number of esters is 1. The van der Waals surface area contributed by atoms with Crippen LogP contribution < -0.4 is 5.32 Å². The molecule has 0 atom stereocenters. The maximum atomic E-state index is 12.7. The Balaban J connectivity index is 2.60. The second-order valence-electron chi connectivity index (χ2n) is 3.16. The molecule has 1 aromatic heterocycles. The Morgan fingerprint density at radius 1 is 1.53 bits per heavy atom. The molecule has 6 nitrogen and oxygen atoms in total. The second-order valence-corrected chi connectivity index (χ2v) is 3.16. The van der Waals surface area contributed by atoms with Crippen molar-refractivity contribution in [3.8, 4) is 0 Å². The van der Waals surface area contributed by atoms with Gasteiger partial charge in [-0.25, -0.2) is 13.6 Å². The first kappa shape index (κ1) is 13.2. The minimum absolute atomic E-state index is 0.0213. The van der Waals surface area contributed by atoms with Crippen LogP contribution in [0.2, 0.25) is 0 Å². The number of hydrogen-bond acceptors (Lipinski definition) is 6. The number of alkyl halides is 2. The Hall–Kier alpha value is -1.83. The summed E-state index contributed by atoms with van der Waals surface area (Å²) in [5.74, 6) is -3.82. The Bertz CT molecular complexity index is 384. The smallest absolute Gasteiger partial charge is 0.358 e. The lowest BCUT2D eigenvalue weighted by atomic mass is 10.3. The van der Waals surface area contributed by atoms with Gasteiger partial charge in [-0.1, -0.05) is 0 Å². The Kier molecular flexibility index (Phi) is 4.27. The molecule has 0 amide bonds. The summed E-state index contributed by atoms with van der Waals surface area (Å²) >= 11 is 0. The summed E-state index contributed by atoms with van der Waals surface area (Å²) in [5, 5.41) is 17.6. The highest BCUT2D eigenvalue weighted by Gasteiger charge is 2.27. The van der Waals surface area contributed by atoms with E-state index in [9.17, 15) is 13.6 Å². The number of aliphatic hydroxyl groups excluding tert-OH is 1. The van der Waals surface area contributed by atoms with Crippen molar-refractivity contribution in [2.24, 2.45) is 0 Å². The van der Waals surface area contributed by atoms with E-state index in [2.05, 4.69) is 20.3 Å². The number of anilines is 1. The van der Waals surface area contributed by atoms with Crippen LogP contribution in [0, 0.1) is 0 Å². The molecule has 17 heavy (non-hydrogen) atoms. The summed E-state index contributed by atoms with van der Waals surface area (Å²) in [7, 11) is 1.19. The van der Waals surface area contributed by atoms with Crippen LogP contribution >= 0.6 is 0 Å². The summed E-state index contributed by atoms with van der Waals surface area (Å²) in [4.78, 5) is 11.0. The van der Waals surface area contributed by atoms with Gasteiger partial charge < -0.3 is 15.2 Å². The number of aromatic nitrogens is 2. The molecule has 0 radical (unpaired) electrons. The fourth-order valence-electron chi connectivity index (χ4n) is 0.916. The van der Waals surface area contributed by atoms with Crippen molar-refractivity contribution in [2.45, 2.75) is 5.92 Å². The van der Waals surface area contributed by atoms with E-state index in [-0.39, 0.29) is 11.5 Å². The zero-order chi connectivity index (χ0) is 12.9. The molecule has 8 heteroatoms. The molecule has 0 unspecified atom stereocenters. The number of nitrogens with one attached hydrogen (secondary N) is 1. The topological polar surface area (TPSA) is 84.3 Å². The molecule has 0 aliphatic heterocycles. The SMILES string of the molecule is COC(=O)c1ccc(NCC(F)(F)CO)nn1. The van der Waals surface area contributed by atoms with Gasteiger partial charge in [0, 0.05) is 0 Å². The van der Waals surface area contributed by atoms with Crippen molar-refractivity contribution < 1.29 is 23.4 Å². The number of aliphatic hydroxyl groups is 1. The van der Waals surface area contributed by atoms with E-state index >= 15 is 0 Å². The first-order valence-corrected chi connectivity index (χ1v) is 4.63. The van der Waals surface area contributed by atoms with Gasteiger partial charge in [-0.15, -0.1) is 10.2 Å². The lowest BCUT2D eigenvalue weighted by Gasteiger charge is -2.13. The molecule has 0 fully saturated rings. The van der Waals surface area contributed by atoms with Gasteiger partial charge >= 0.3 is 5.97 Å². The average Bonchev–Trinajstić information content (AvgIpc) is 2.36. The largest absolute Gasteiger partial charge is 0.464 e. The predicted octanol–water partition coefficient (Wildman–Crippen LogP) is 0.303. The van der Waals surface area contributed by atoms with E-state index in [0.717, 1.165) is 0 Å². The number of ether oxygens (including phenoxy) is 1. The molecule has 0 saturated carbocycles. The van der Waals surface area contributed by atoms with Crippen molar-refractivity contribution in [1.82, 2.24) is 10.2 Å². The minimum atomic E-state index is -3.23. The van der Waals surface area contributed by atoms with E-state index in [1.165, 1.54) is 19.2 Å². The lowest BCUT2D eigenvalue weighted by molar-refractivity contribution is -0.0373. The van der Waals surface area contributed by atoms with E-state index in [1.54, 1.807) is 0 Å². The van der Waals surface area contributed by atoms with E-state index in [0.29, 0.717) is 0 Å². The summed E-state index contributed by atoms with van der Waals surface area (Å²) in [5.41, 5.74) is -0.0213. The highest BCUT2D eigenvalue weighted by Crippen LogP contribution is 2.13. The number of halogens is 2. The molecule has 2 N–H and O–H groups in total. The molecule has 0 aromatic carbocycles. The molecule has 0 spiro atoms. The number of rotatable bonds is 5. The van der Waals surface area contributed by atoms with Crippen LogP contribution in [-0.2, 0) is 4.74 Å². The van der Waals surface area contributed by atoms with Gasteiger partial charge in [0.15, 0.2) is 5.69 Å². The number of methoxy groups -OCH3 is 1. The van der Waals surface area contributed by atoms with Gasteiger partial charge in [0.05, 0.1) is 13.7 Å². The molecule has 0 saturated heterocycles. The average molecular weight is 247 g/mol. The van der Waals surface area contributed by atoms with Crippen molar-refractivity contribution in [3.05, 3.63) is 17.8 Å². The van der Waals surface area contributed by atoms with Gasteiger partial charge in [0.1, 0.15) is 12.4 Å². The van der Waals surface area contributed by atoms with Crippen LogP contribution in [0.4, 0.5) is 14.6 Å². The summed E-state index contributed by atoms with van der Waals surface area (Å²) in [6, 6.07) is 2.60. The number of nitrogens with zero attached hydrogens (tertiary/aromatic N) is 2. The highest BCUT2D eigenvalue weighted by atomic mass is 19.3. The highest BCUT2D eigenvalue weighted by molar-refractivity contribution is 5.86. The molecule has 94 valence electrons. The van der Waals surface area contributed by atoms with Crippen LogP contribution in [0.5, 0.6) is 0 Å². The minimum Gasteiger partial charge on any atom is -0.464 e. The maximum Gasteiger partial charge on any atom is 0.358 e. The predicted molar refractivity (Wildman–Crippen MR) is 53.9 cm³/mol. The summed E-state index contributed by atoms with van der Waals surface area (Å²) in [6.07, 6.45) is 0. The molecule has 1 rings (SSSR count). The van der Waals surface area contributed by atoms with Crippen molar-refractivity contribution in [3.63, 3.8) is 0 Å². The zero-order valence-electron chi connectivity index (χ0n) is 8.98. The van der Waals surface area contributed by atoms with Gasteiger partial charge in [0.25, 0.3) is 5.92 Å². The number of hydrogen-bond donors (Lipinski definition) is 2. The fourth-order valence-corrected chi connectivity index (χ4v) is 0.916. The lowest BCUT2D eigenvalue weighted by Crippen LogP contribution is -2.31. The monoisotopic (exact) mass is 247 g/mol. The number of carbonyl (C=O) groups excluding carboxylic acids is 1. The second kappa shape index (κ2) is 5.48. The Morgan fingerprint density at radius 3 is 2.71 bits per heavy atom. The first-order chi connectivity index (χ1) is 7.98. The third kappa shape index (κ3) is 3.91. The molecule has 0 aliphatic rings. The van der Waals surface area contributed by atoms with E-state index in [1.807, 2.05) is 0 Å². The van der Waals surface area contributed by atoms with Crippen molar-refractivity contribution in [1.29, 1.82) is 0 Å². The normalized spacial score (nSPS) is 11.1. The summed E-state index contributed by atoms with van der Waals surface area (Å²) < 4.78 is 29.7. The van der Waals surface area contributed by atoms with Crippen LogP contribution in [0.3, 0.4) is 0 Å². The third-order valence-corrected chi connectivity index (χ3v) is 1.82. The molecule has 0 aliphatic carbocycles. The van der Waals surface area contributed by atoms with Crippen LogP contribution in [-0.4, -0.2) is 47.5 Å². The van der Waals surface area contributed by atoms with Crippen LogP contribution in [0.25, 0.3) is 0 Å². The fraction of sp³-hybridized carbons (Fsp3) is 0.444. The van der Waals surface area contributed by atoms with Gasteiger partial charge in [-0.3, -0.25) is 0 Å². The maximum absolute atomic E-state index is 12.7. The Labute approximate surface area is 95.6 Å². The van der Waals surface area contributed by atoms with Gasteiger partial charge in [0.2, 0.25) is 0 Å². The van der Waals surface area contributed by atoms with Crippen molar-refractivity contribution in [2.75, 3.05) is 25.6 Å². The van der Waals surface area contributed by atoms with Crippen molar-refractivity contribution >= 4 is 11.8 Å². The van der Waals surface area contributed by atoms with Gasteiger partial charge in [-0.2, -0.15) is 0 Å². The third-order valence-electron chi connectivity index (χ3n) is 1.82. The van der Waals surface area contributed by atoms with E-state index < -0.39 is 25.0 Å². The number of carbonyl (C=O) groups is 1. The molecule has 1 aromatic rings. The quantitative estimate of drug-likeness (QED) is 0.728. The molecular weight excluding hydrogens is 236 g/mol. The molecule has 0 bridgehead atoms. The van der Waals surface area contributed by atoms with Crippen LogP contribution in [0.1, 0.15) is 10.5 Å². The van der Waals surface area contributed by atoms with Crippen LogP contribution in [0.15, 0.2) is 12.1 Å². The Morgan fingerprint density at radius 2 is 2.24 bits per heavy atom. The van der Waals surface area contributed by atoms with Gasteiger partial charge in [-0.05, 0) is 12.1 Å².